The molecule has 1 aromatic carbocycles. The average Bonchev–Trinajstić information content (AvgIpc) is 2.59. The number of aryl methyl sites for hydroxylation is 1. The fourth-order valence-electron chi connectivity index (χ4n) is 2.72. The first-order chi connectivity index (χ1) is 11.9. The highest BCUT2D eigenvalue weighted by Crippen LogP contribution is 2.26. The number of rotatable bonds is 4. The summed E-state index contributed by atoms with van der Waals surface area (Å²) in [5.41, 5.74) is 0.634. The summed E-state index contributed by atoms with van der Waals surface area (Å²) in [7, 11) is -3.68. The zero-order valence-electron chi connectivity index (χ0n) is 13.5. The predicted molar refractivity (Wildman–Crippen MR) is 90.6 cm³/mol. The van der Waals surface area contributed by atoms with E-state index in [1.54, 1.807) is 19.1 Å². The molecule has 1 fully saturated rings. The highest BCUT2D eigenvalue weighted by atomic mass is 35.5. The molecular formula is C16H17ClFN3O3S. The Morgan fingerprint density at radius 2 is 2.04 bits per heavy atom. The van der Waals surface area contributed by atoms with Crippen LogP contribution in [0, 0.1) is 12.7 Å². The minimum atomic E-state index is -3.68. The highest BCUT2D eigenvalue weighted by Gasteiger charge is 2.32. The van der Waals surface area contributed by atoms with Crippen LogP contribution >= 0.6 is 11.6 Å². The normalized spacial score (nSPS) is 18.9. The number of halogens is 2. The summed E-state index contributed by atoms with van der Waals surface area (Å²) in [6, 6.07) is 4.83. The lowest BCUT2D eigenvalue weighted by molar-refractivity contribution is 0.119. The highest BCUT2D eigenvalue weighted by molar-refractivity contribution is 7.89. The molecular weight excluding hydrogens is 369 g/mol. The Balaban J connectivity index is 1.78. The Morgan fingerprint density at radius 3 is 2.76 bits per heavy atom. The Labute approximate surface area is 150 Å². The molecule has 134 valence electrons. The molecule has 0 saturated carbocycles. The van der Waals surface area contributed by atoms with Gasteiger partial charge in [-0.2, -0.15) is 4.31 Å². The second-order valence-electron chi connectivity index (χ2n) is 5.84. The second kappa shape index (κ2) is 7.23. The van der Waals surface area contributed by atoms with Gasteiger partial charge in [0, 0.05) is 11.6 Å². The fraction of sp³-hybridized carbons (Fsp3) is 0.375. The van der Waals surface area contributed by atoms with Gasteiger partial charge in [0.1, 0.15) is 6.10 Å². The van der Waals surface area contributed by atoms with Gasteiger partial charge < -0.3 is 4.74 Å². The maximum atomic E-state index is 12.9. The van der Waals surface area contributed by atoms with Gasteiger partial charge in [0.25, 0.3) is 0 Å². The summed E-state index contributed by atoms with van der Waals surface area (Å²) in [5.74, 6) is -0.559. The van der Waals surface area contributed by atoms with E-state index < -0.39 is 21.9 Å². The van der Waals surface area contributed by atoms with E-state index in [2.05, 4.69) is 9.97 Å². The van der Waals surface area contributed by atoms with E-state index in [-0.39, 0.29) is 17.5 Å². The predicted octanol–water partition coefficient (Wildman–Crippen LogP) is 2.81. The number of aromatic nitrogens is 2. The molecule has 6 nitrogen and oxygen atoms in total. The maximum absolute atomic E-state index is 12.9. The number of hydrogen-bond donors (Lipinski definition) is 0. The van der Waals surface area contributed by atoms with Gasteiger partial charge in [0.05, 0.1) is 23.8 Å². The van der Waals surface area contributed by atoms with Gasteiger partial charge in [-0.05, 0) is 37.5 Å². The lowest BCUT2D eigenvalue weighted by Crippen LogP contribution is -2.44. The summed E-state index contributed by atoms with van der Waals surface area (Å²) >= 11 is 5.96. The molecule has 9 heteroatoms. The van der Waals surface area contributed by atoms with Crippen molar-refractivity contribution < 1.29 is 17.5 Å². The molecule has 1 aliphatic heterocycles. The van der Waals surface area contributed by atoms with E-state index in [0.29, 0.717) is 30.0 Å². The molecule has 1 aromatic heterocycles. The molecule has 0 aliphatic carbocycles. The quantitative estimate of drug-likeness (QED) is 0.809. The number of benzene rings is 1. The Kier molecular flexibility index (Phi) is 5.21. The molecule has 0 bridgehead atoms. The largest absolute Gasteiger partial charge is 0.459 e. The minimum Gasteiger partial charge on any atom is -0.459 e. The lowest BCUT2D eigenvalue weighted by atomic mass is 10.1. The zero-order valence-corrected chi connectivity index (χ0v) is 15.1. The van der Waals surface area contributed by atoms with Crippen LogP contribution in [-0.2, 0) is 10.0 Å². The summed E-state index contributed by atoms with van der Waals surface area (Å²) in [4.78, 5) is 7.69. The van der Waals surface area contributed by atoms with Crippen LogP contribution < -0.4 is 4.74 Å². The molecule has 2 aromatic rings. The molecule has 1 unspecified atom stereocenters. The van der Waals surface area contributed by atoms with Crippen LogP contribution in [0.25, 0.3) is 0 Å². The third-order valence-electron chi connectivity index (χ3n) is 3.98. The smallest absolute Gasteiger partial charge is 0.316 e. The summed E-state index contributed by atoms with van der Waals surface area (Å²) in [6.45, 7) is 2.31. The van der Waals surface area contributed by atoms with E-state index >= 15 is 0 Å². The molecule has 1 saturated heterocycles. The summed E-state index contributed by atoms with van der Waals surface area (Å²) < 4.78 is 45.7. The zero-order chi connectivity index (χ0) is 18.0. The molecule has 25 heavy (non-hydrogen) atoms. The molecule has 3 rings (SSSR count). The Hall–Kier alpha value is -1.77. The first-order valence-corrected chi connectivity index (χ1v) is 9.58. The van der Waals surface area contributed by atoms with E-state index in [4.69, 9.17) is 16.3 Å². The number of piperidine rings is 1. The van der Waals surface area contributed by atoms with Crippen molar-refractivity contribution in [3.63, 3.8) is 0 Å². The maximum Gasteiger partial charge on any atom is 0.316 e. The van der Waals surface area contributed by atoms with Gasteiger partial charge in [0.2, 0.25) is 10.0 Å². The van der Waals surface area contributed by atoms with Gasteiger partial charge in [0.15, 0.2) is 5.82 Å². The van der Waals surface area contributed by atoms with Crippen molar-refractivity contribution in [1.29, 1.82) is 0 Å². The van der Waals surface area contributed by atoms with Crippen LogP contribution in [0.5, 0.6) is 6.01 Å². The van der Waals surface area contributed by atoms with Crippen molar-refractivity contribution in [2.75, 3.05) is 13.1 Å². The molecule has 0 spiro atoms. The molecule has 0 amide bonds. The van der Waals surface area contributed by atoms with Crippen molar-refractivity contribution >= 4 is 21.6 Å². The molecule has 2 heterocycles. The minimum absolute atomic E-state index is 0.0320. The number of sulfonamides is 1. The first kappa shape index (κ1) is 18.0. The Bertz CT molecular complexity index is 861. The summed E-state index contributed by atoms with van der Waals surface area (Å²) in [5, 5.41) is 0.369. The second-order valence-corrected chi connectivity index (χ2v) is 8.18. The van der Waals surface area contributed by atoms with Crippen LogP contribution in [-0.4, -0.2) is 41.9 Å². The third-order valence-corrected chi connectivity index (χ3v) is 6.22. The van der Waals surface area contributed by atoms with Gasteiger partial charge in [-0.25, -0.2) is 22.8 Å². The monoisotopic (exact) mass is 385 g/mol. The van der Waals surface area contributed by atoms with Gasteiger partial charge in [-0.1, -0.05) is 17.7 Å². The first-order valence-electron chi connectivity index (χ1n) is 7.77. The van der Waals surface area contributed by atoms with Crippen LogP contribution in [0.3, 0.4) is 0 Å². The van der Waals surface area contributed by atoms with Crippen molar-refractivity contribution in [3.8, 4) is 6.01 Å². The van der Waals surface area contributed by atoms with Crippen molar-refractivity contribution in [2.45, 2.75) is 30.8 Å². The van der Waals surface area contributed by atoms with Crippen LogP contribution in [0.15, 0.2) is 35.5 Å². The van der Waals surface area contributed by atoms with E-state index in [0.717, 1.165) is 12.4 Å². The molecule has 0 N–H and O–H groups in total. The van der Waals surface area contributed by atoms with Crippen LogP contribution in [0.1, 0.15) is 18.4 Å². The standard InChI is InChI=1S/C16H17ClFN3O3S/c1-11-4-5-12(17)7-15(11)25(22,23)21-6-2-3-14(10-21)24-16-19-8-13(18)9-20-16/h4-5,7-9,14H,2-3,6,10H2,1H3. The SMILES string of the molecule is Cc1ccc(Cl)cc1S(=O)(=O)N1CCCC(Oc2ncc(F)cn2)C1. The van der Waals surface area contributed by atoms with Crippen molar-refractivity contribution in [3.05, 3.63) is 47.0 Å². The van der Waals surface area contributed by atoms with Crippen molar-refractivity contribution in [2.24, 2.45) is 0 Å². The van der Waals surface area contributed by atoms with Crippen LogP contribution in [0.4, 0.5) is 4.39 Å². The van der Waals surface area contributed by atoms with Gasteiger partial charge in [-0.15, -0.1) is 0 Å². The molecule has 0 radical (unpaired) electrons. The molecule has 1 atom stereocenters. The van der Waals surface area contributed by atoms with E-state index in [1.807, 2.05) is 0 Å². The van der Waals surface area contributed by atoms with Crippen LogP contribution in [0.2, 0.25) is 5.02 Å². The van der Waals surface area contributed by atoms with Crippen molar-refractivity contribution in [1.82, 2.24) is 14.3 Å². The van der Waals surface area contributed by atoms with Gasteiger partial charge in [-0.3, -0.25) is 0 Å². The number of nitrogens with zero attached hydrogens (tertiary/aromatic N) is 3. The topological polar surface area (TPSA) is 72.4 Å². The van der Waals surface area contributed by atoms with E-state index in [9.17, 15) is 12.8 Å². The average molecular weight is 386 g/mol. The Morgan fingerprint density at radius 1 is 1.32 bits per heavy atom. The lowest BCUT2D eigenvalue weighted by Gasteiger charge is -2.31. The molecule has 1 aliphatic rings. The summed E-state index contributed by atoms with van der Waals surface area (Å²) in [6.07, 6.45) is 2.93. The van der Waals surface area contributed by atoms with Gasteiger partial charge >= 0.3 is 6.01 Å². The van der Waals surface area contributed by atoms with E-state index in [1.165, 1.54) is 10.4 Å². The fourth-order valence-corrected chi connectivity index (χ4v) is 4.72. The number of hydrogen-bond acceptors (Lipinski definition) is 5. The third kappa shape index (κ3) is 4.08. The number of ether oxygens (including phenoxy) is 1.